The van der Waals surface area contributed by atoms with Gasteiger partial charge in [-0.05, 0) is 36.6 Å². The molecule has 2 N–H and O–H groups in total. The lowest BCUT2D eigenvalue weighted by Gasteiger charge is -2.24. The zero-order valence-corrected chi connectivity index (χ0v) is 9.45. The largest absolute Gasteiger partial charge is 0.480 e. The molecule has 0 fully saturated rings. The van der Waals surface area contributed by atoms with Crippen LogP contribution in [0.3, 0.4) is 0 Å². The number of fused-ring (bicyclic) bond motifs is 1. The number of benzene rings is 1. The van der Waals surface area contributed by atoms with Crippen LogP contribution in [0.4, 0.5) is 0 Å². The molecular formula is C10H10BrNO3. The summed E-state index contributed by atoms with van der Waals surface area (Å²) in [5, 5.41) is 8.49. The van der Waals surface area contributed by atoms with Gasteiger partial charge in [-0.15, -0.1) is 0 Å². The summed E-state index contributed by atoms with van der Waals surface area (Å²) in [4.78, 5) is 11.1. The number of nitrogens with one attached hydrogen (secondary N) is 1. The van der Waals surface area contributed by atoms with Crippen LogP contribution < -0.4 is 10.2 Å². The SMILES string of the molecule is O=C(NO)[C@@H]1CCc2cc(Br)ccc2O1. The second-order valence-corrected chi connectivity index (χ2v) is 4.29. The van der Waals surface area contributed by atoms with Gasteiger partial charge in [0, 0.05) is 4.47 Å². The fourth-order valence-corrected chi connectivity index (χ4v) is 2.02. The average molecular weight is 272 g/mol. The van der Waals surface area contributed by atoms with Crippen LogP contribution in [0.25, 0.3) is 0 Å². The third-order valence-corrected chi connectivity index (χ3v) is 2.86. The van der Waals surface area contributed by atoms with Gasteiger partial charge in [-0.1, -0.05) is 15.9 Å². The van der Waals surface area contributed by atoms with E-state index in [-0.39, 0.29) is 0 Å². The van der Waals surface area contributed by atoms with E-state index in [1.165, 1.54) is 0 Å². The Bertz CT molecular complexity index is 394. The number of hydrogen-bond acceptors (Lipinski definition) is 3. The van der Waals surface area contributed by atoms with Crippen LogP contribution >= 0.6 is 15.9 Å². The Labute approximate surface area is 95.3 Å². The second kappa shape index (κ2) is 4.20. The molecule has 1 aliphatic rings. The minimum atomic E-state index is -0.594. The number of aryl methyl sites for hydroxylation is 1. The maximum atomic E-state index is 11.1. The van der Waals surface area contributed by atoms with E-state index >= 15 is 0 Å². The van der Waals surface area contributed by atoms with Crippen molar-refractivity contribution < 1.29 is 14.7 Å². The van der Waals surface area contributed by atoms with Crippen molar-refractivity contribution in [3.8, 4) is 5.75 Å². The van der Waals surface area contributed by atoms with Crippen molar-refractivity contribution in [1.82, 2.24) is 5.48 Å². The van der Waals surface area contributed by atoms with Crippen LogP contribution in [-0.4, -0.2) is 17.2 Å². The molecule has 1 aromatic carbocycles. The predicted octanol–water partition coefficient (Wildman–Crippen LogP) is 1.65. The lowest BCUT2D eigenvalue weighted by Crippen LogP contribution is -2.38. The van der Waals surface area contributed by atoms with Gasteiger partial charge in [0.15, 0.2) is 6.10 Å². The van der Waals surface area contributed by atoms with E-state index in [9.17, 15) is 4.79 Å². The van der Waals surface area contributed by atoms with E-state index < -0.39 is 12.0 Å². The first-order valence-corrected chi connectivity index (χ1v) is 5.39. The highest BCUT2D eigenvalue weighted by Gasteiger charge is 2.25. The highest BCUT2D eigenvalue weighted by molar-refractivity contribution is 9.10. The molecule has 1 amide bonds. The maximum Gasteiger partial charge on any atom is 0.284 e. The molecule has 2 rings (SSSR count). The van der Waals surface area contributed by atoms with Crippen LogP contribution in [0, 0.1) is 0 Å². The number of carbonyl (C=O) groups is 1. The van der Waals surface area contributed by atoms with Crippen molar-refractivity contribution in [3.63, 3.8) is 0 Å². The van der Waals surface area contributed by atoms with Crippen molar-refractivity contribution >= 4 is 21.8 Å². The Morgan fingerprint density at radius 3 is 3.13 bits per heavy atom. The van der Waals surface area contributed by atoms with Crippen LogP contribution in [0.2, 0.25) is 0 Å². The molecule has 0 aliphatic carbocycles. The number of hydrogen-bond donors (Lipinski definition) is 2. The molecule has 1 atom stereocenters. The van der Waals surface area contributed by atoms with Crippen molar-refractivity contribution in [1.29, 1.82) is 0 Å². The highest BCUT2D eigenvalue weighted by Crippen LogP contribution is 2.30. The maximum absolute atomic E-state index is 11.1. The van der Waals surface area contributed by atoms with Gasteiger partial charge in [0.05, 0.1) is 0 Å². The second-order valence-electron chi connectivity index (χ2n) is 3.37. The summed E-state index contributed by atoms with van der Waals surface area (Å²) in [6, 6.07) is 5.65. The normalized spacial score (nSPS) is 18.9. The zero-order chi connectivity index (χ0) is 10.8. The fourth-order valence-electron chi connectivity index (χ4n) is 1.61. The molecule has 0 radical (unpaired) electrons. The summed E-state index contributed by atoms with van der Waals surface area (Å²) in [5.74, 6) is 0.210. The van der Waals surface area contributed by atoms with E-state index in [0.717, 1.165) is 16.5 Å². The Morgan fingerprint density at radius 1 is 1.60 bits per heavy atom. The summed E-state index contributed by atoms with van der Waals surface area (Å²) in [5.41, 5.74) is 2.68. The van der Waals surface area contributed by atoms with Gasteiger partial charge in [0.25, 0.3) is 5.91 Å². The topological polar surface area (TPSA) is 58.6 Å². The van der Waals surface area contributed by atoms with Gasteiger partial charge < -0.3 is 4.74 Å². The quantitative estimate of drug-likeness (QED) is 0.603. The molecular weight excluding hydrogens is 262 g/mol. The molecule has 1 aromatic rings. The molecule has 80 valence electrons. The molecule has 4 nitrogen and oxygen atoms in total. The minimum Gasteiger partial charge on any atom is -0.480 e. The standard InChI is InChI=1S/C10H10BrNO3/c11-7-2-4-8-6(5-7)1-3-9(15-8)10(13)12-14/h2,4-5,9,14H,1,3H2,(H,12,13)/t9-/m0/s1. The first-order valence-electron chi connectivity index (χ1n) is 4.60. The fraction of sp³-hybridized carbons (Fsp3) is 0.300. The molecule has 0 saturated heterocycles. The number of ether oxygens (including phenoxy) is 1. The number of hydroxylamine groups is 1. The number of halogens is 1. The van der Waals surface area contributed by atoms with Gasteiger partial charge in [-0.3, -0.25) is 10.0 Å². The van der Waals surface area contributed by atoms with Crippen molar-refractivity contribution in [3.05, 3.63) is 28.2 Å². The first-order chi connectivity index (χ1) is 7.20. The Morgan fingerprint density at radius 2 is 2.40 bits per heavy atom. The number of rotatable bonds is 1. The lowest BCUT2D eigenvalue weighted by molar-refractivity contribution is -0.137. The Kier molecular flexibility index (Phi) is 2.93. The monoisotopic (exact) mass is 271 g/mol. The number of amides is 1. The molecule has 1 heterocycles. The van der Waals surface area contributed by atoms with Crippen molar-refractivity contribution in [2.24, 2.45) is 0 Å². The summed E-state index contributed by atoms with van der Waals surface area (Å²) >= 11 is 3.37. The highest BCUT2D eigenvalue weighted by atomic mass is 79.9. The molecule has 0 bridgehead atoms. The zero-order valence-electron chi connectivity index (χ0n) is 7.87. The Balaban J connectivity index is 2.20. The average Bonchev–Trinajstić information content (AvgIpc) is 2.27. The van der Waals surface area contributed by atoms with E-state index in [1.807, 2.05) is 18.2 Å². The lowest BCUT2D eigenvalue weighted by atomic mass is 10.0. The van der Waals surface area contributed by atoms with Gasteiger partial charge in [0.2, 0.25) is 0 Å². The van der Waals surface area contributed by atoms with Crippen LogP contribution in [0.1, 0.15) is 12.0 Å². The summed E-state index contributed by atoms with van der Waals surface area (Å²) in [7, 11) is 0. The molecule has 0 aromatic heterocycles. The predicted molar refractivity (Wildman–Crippen MR) is 56.8 cm³/mol. The van der Waals surface area contributed by atoms with E-state index in [0.29, 0.717) is 12.2 Å². The molecule has 0 spiro atoms. The molecule has 0 saturated carbocycles. The van der Waals surface area contributed by atoms with Gasteiger partial charge in [-0.25, -0.2) is 5.48 Å². The van der Waals surface area contributed by atoms with Crippen LogP contribution in [0.5, 0.6) is 5.75 Å². The van der Waals surface area contributed by atoms with Crippen LogP contribution in [0.15, 0.2) is 22.7 Å². The summed E-state index contributed by atoms with van der Waals surface area (Å²) < 4.78 is 6.44. The van der Waals surface area contributed by atoms with Crippen molar-refractivity contribution in [2.45, 2.75) is 18.9 Å². The Hall–Kier alpha value is -1.07. The third-order valence-electron chi connectivity index (χ3n) is 2.37. The molecule has 15 heavy (non-hydrogen) atoms. The summed E-state index contributed by atoms with van der Waals surface area (Å²) in [6.45, 7) is 0. The third kappa shape index (κ3) is 2.13. The molecule has 5 heteroatoms. The van der Waals surface area contributed by atoms with Gasteiger partial charge in [-0.2, -0.15) is 0 Å². The number of carbonyl (C=O) groups excluding carboxylic acids is 1. The minimum absolute atomic E-state index is 0.497. The van der Waals surface area contributed by atoms with Crippen LogP contribution in [-0.2, 0) is 11.2 Å². The molecule has 1 aliphatic heterocycles. The van der Waals surface area contributed by atoms with Gasteiger partial charge in [0.1, 0.15) is 5.75 Å². The first kappa shape index (κ1) is 10.4. The van der Waals surface area contributed by atoms with Gasteiger partial charge >= 0.3 is 0 Å². The smallest absolute Gasteiger partial charge is 0.284 e. The van der Waals surface area contributed by atoms with E-state index in [2.05, 4.69) is 15.9 Å². The van der Waals surface area contributed by atoms with E-state index in [4.69, 9.17) is 9.94 Å². The van der Waals surface area contributed by atoms with Crippen molar-refractivity contribution in [2.75, 3.05) is 0 Å². The summed E-state index contributed by atoms with van der Waals surface area (Å²) in [6.07, 6.45) is 0.756. The molecule has 0 unspecified atom stereocenters. The van der Waals surface area contributed by atoms with E-state index in [1.54, 1.807) is 5.48 Å².